The second-order valence-corrected chi connectivity index (χ2v) is 11.1. The van der Waals surface area contributed by atoms with Crippen LogP contribution in [0.1, 0.15) is 46.3 Å². The number of fused-ring (bicyclic) bond motifs is 1. The van der Waals surface area contributed by atoms with Crippen LogP contribution in [-0.2, 0) is 29.2 Å². The Morgan fingerprint density at radius 1 is 0.929 bits per heavy atom. The summed E-state index contributed by atoms with van der Waals surface area (Å²) in [7, 11) is 0. The van der Waals surface area contributed by atoms with Crippen molar-refractivity contribution < 1.29 is 27.9 Å². The highest BCUT2D eigenvalue weighted by atomic mass is 19.1. The highest BCUT2D eigenvalue weighted by Crippen LogP contribution is 2.31. The van der Waals surface area contributed by atoms with Crippen LogP contribution in [0.5, 0.6) is 5.75 Å². The Bertz CT molecular complexity index is 1480. The topological polar surface area (TPSA) is 91.0 Å². The van der Waals surface area contributed by atoms with Crippen LogP contribution in [0.15, 0.2) is 66.7 Å². The molecule has 0 bridgehead atoms. The number of carbonyl (C=O) groups is 3. The van der Waals surface area contributed by atoms with Crippen molar-refractivity contribution >= 4 is 17.7 Å². The van der Waals surface area contributed by atoms with Gasteiger partial charge in [0.1, 0.15) is 29.5 Å². The lowest BCUT2D eigenvalue weighted by atomic mass is 10.00. The number of nitrogens with one attached hydrogen (secondary N) is 2. The molecule has 10 heteroatoms. The average Bonchev–Trinajstić information content (AvgIpc) is 3.28. The van der Waals surface area contributed by atoms with Crippen molar-refractivity contribution in [2.45, 2.75) is 57.1 Å². The molecule has 3 atom stereocenters. The minimum atomic E-state index is -0.682. The lowest BCUT2D eigenvalue weighted by molar-refractivity contribution is -0.136. The lowest BCUT2D eigenvalue weighted by Crippen LogP contribution is -2.54. The number of nitrogens with zero attached hydrogens (tertiary/aromatic N) is 2. The molecule has 0 aromatic heterocycles. The molecule has 3 aliphatic rings. The van der Waals surface area contributed by atoms with Crippen molar-refractivity contribution in [1.29, 1.82) is 0 Å². The maximum Gasteiger partial charge on any atom is 0.255 e. The van der Waals surface area contributed by atoms with E-state index in [1.807, 2.05) is 24.3 Å². The fraction of sp³-hybridized carbons (Fsp3) is 0.344. The van der Waals surface area contributed by atoms with E-state index in [1.165, 1.54) is 17.0 Å². The molecule has 0 aliphatic carbocycles. The standard InChI is InChI=1S/C32H32F2N4O4/c33-23-12-21(13-24(34)15-23)17-37-11-10-27(35-16-20-4-2-1-3-5-20)29(19-37)42-25-6-7-26-22(14-25)18-38(32(26)41)28-8-9-30(39)36-31(28)40/h1-7,12-15,27-29,35H,8-11,16-19H2,(H,36,39,40). The Hall–Kier alpha value is -4.15. The summed E-state index contributed by atoms with van der Waals surface area (Å²) >= 11 is 0. The minimum absolute atomic E-state index is 0.0144. The maximum absolute atomic E-state index is 13.8. The van der Waals surface area contributed by atoms with E-state index in [0.29, 0.717) is 42.9 Å². The third-order valence-corrected chi connectivity index (χ3v) is 8.17. The van der Waals surface area contributed by atoms with E-state index in [-0.39, 0.29) is 36.9 Å². The molecule has 3 aromatic carbocycles. The van der Waals surface area contributed by atoms with Crippen molar-refractivity contribution in [1.82, 2.24) is 20.4 Å². The van der Waals surface area contributed by atoms with Gasteiger partial charge >= 0.3 is 0 Å². The summed E-state index contributed by atoms with van der Waals surface area (Å²) < 4.78 is 34.2. The molecule has 3 amide bonds. The zero-order valence-corrected chi connectivity index (χ0v) is 23.0. The molecule has 218 valence electrons. The SMILES string of the molecule is O=C1CCC(N2Cc3cc(OC4CN(Cc5cc(F)cc(F)c5)CCC4NCc4ccccc4)ccc3C2=O)C(=O)N1. The first-order valence-corrected chi connectivity index (χ1v) is 14.2. The first-order chi connectivity index (χ1) is 20.3. The Kier molecular flexibility index (Phi) is 7.99. The third-order valence-electron chi connectivity index (χ3n) is 8.17. The van der Waals surface area contributed by atoms with Gasteiger partial charge in [-0.25, -0.2) is 8.78 Å². The number of hydrogen-bond donors (Lipinski definition) is 2. The minimum Gasteiger partial charge on any atom is -0.487 e. The van der Waals surface area contributed by atoms with Gasteiger partial charge in [-0.3, -0.25) is 24.6 Å². The predicted octanol–water partition coefficient (Wildman–Crippen LogP) is 3.54. The van der Waals surface area contributed by atoms with Gasteiger partial charge in [0, 0.05) is 56.8 Å². The highest BCUT2D eigenvalue weighted by molar-refractivity contribution is 6.05. The molecule has 0 spiro atoms. The van der Waals surface area contributed by atoms with E-state index < -0.39 is 23.6 Å². The number of benzene rings is 3. The maximum atomic E-state index is 13.8. The molecular formula is C32H32F2N4O4. The van der Waals surface area contributed by atoms with Crippen LogP contribution in [-0.4, -0.2) is 58.8 Å². The summed E-state index contributed by atoms with van der Waals surface area (Å²) in [5, 5.41) is 5.95. The van der Waals surface area contributed by atoms with Crippen molar-refractivity contribution in [3.63, 3.8) is 0 Å². The molecule has 3 aromatic rings. The zero-order valence-electron chi connectivity index (χ0n) is 23.0. The van der Waals surface area contributed by atoms with Gasteiger partial charge in [0.2, 0.25) is 11.8 Å². The monoisotopic (exact) mass is 574 g/mol. The van der Waals surface area contributed by atoms with Gasteiger partial charge in [-0.05, 0) is 59.9 Å². The van der Waals surface area contributed by atoms with E-state index in [1.54, 1.807) is 12.1 Å². The number of halogens is 2. The Morgan fingerprint density at radius 3 is 2.48 bits per heavy atom. The number of ether oxygens (including phenoxy) is 1. The smallest absolute Gasteiger partial charge is 0.255 e. The zero-order chi connectivity index (χ0) is 29.2. The van der Waals surface area contributed by atoms with Gasteiger partial charge in [-0.2, -0.15) is 0 Å². The number of rotatable bonds is 8. The van der Waals surface area contributed by atoms with E-state index in [9.17, 15) is 23.2 Å². The number of carbonyl (C=O) groups excluding carboxylic acids is 3. The van der Waals surface area contributed by atoms with Gasteiger partial charge < -0.3 is 15.0 Å². The largest absolute Gasteiger partial charge is 0.487 e. The van der Waals surface area contributed by atoms with Crippen molar-refractivity contribution in [3.05, 3.63) is 101 Å². The van der Waals surface area contributed by atoms with Crippen LogP contribution < -0.4 is 15.4 Å². The summed E-state index contributed by atoms with van der Waals surface area (Å²) in [6.07, 6.45) is 0.989. The number of likely N-dealkylation sites (tertiary alicyclic amines) is 1. The number of amides is 3. The second kappa shape index (κ2) is 12.0. The second-order valence-electron chi connectivity index (χ2n) is 11.1. The van der Waals surface area contributed by atoms with Crippen molar-refractivity contribution in [3.8, 4) is 5.75 Å². The van der Waals surface area contributed by atoms with Crippen LogP contribution >= 0.6 is 0 Å². The molecule has 3 aliphatic heterocycles. The van der Waals surface area contributed by atoms with Crippen LogP contribution in [0.4, 0.5) is 8.78 Å². The van der Waals surface area contributed by atoms with Crippen LogP contribution in [0.25, 0.3) is 0 Å². The number of hydrogen-bond acceptors (Lipinski definition) is 6. The summed E-state index contributed by atoms with van der Waals surface area (Å²) in [5.74, 6) is -1.61. The fourth-order valence-electron chi connectivity index (χ4n) is 6.08. The summed E-state index contributed by atoms with van der Waals surface area (Å²) in [6, 6.07) is 18.3. The molecule has 42 heavy (non-hydrogen) atoms. The van der Waals surface area contributed by atoms with E-state index in [2.05, 4.69) is 27.7 Å². The highest BCUT2D eigenvalue weighted by Gasteiger charge is 2.39. The van der Waals surface area contributed by atoms with Crippen LogP contribution in [0.2, 0.25) is 0 Å². The van der Waals surface area contributed by atoms with Crippen molar-refractivity contribution in [2.75, 3.05) is 13.1 Å². The summed E-state index contributed by atoms with van der Waals surface area (Å²) in [4.78, 5) is 40.7. The molecular weight excluding hydrogens is 542 g/mol. The van der Waals surface area contributed by atoms with Crippen LogP contribution in [0, 0.1) is 11.6 Å². The number of imide groups is 1. The van der Waals surface area contributed by atoms with Gasteiger partial charge in [0.05, 0.1) is 0 Å². The lowest BCUT2D eigenvalue weighted by Gasteiger charge is -2.39. The van der Waals surface area contributed by atoms with E-state index in [0.717, 1.165) is 30.2 Å². The summed E-state index contributed by atoms with van der Waals surface area (Å²) in [5.41, 5.74) is 2.99. The van der Waals surface area contributed by atoms with Gasteiger partial charge in [0.15, 0.2) is 0 Å². The first kappa shape index (κ1) is 28.0. The molecule has 0 saturated carbocycles. The van der Waals surface area contributed by atoms with Gasteiger partial charge in [-0.15, -0.1) is 0 Å². The molecule has 6 rings (SSSR count). The Labute approximate surface area is 242 Å². The normalized spacial score (nSPS) is 22.7. The molecule has 2 fully saturated rings. The predicted molar refractivity (Wildman–Crippen MR) is 150 cm³/mol. The van der Waals surface area contributed by atoms with E-state index >= 15 is 0 Å². The molecule has 8 nitrogen and oxygen atoms in total. The molecule has 2 saturated heterocycles. The van der Waals surface area contributed by atoms with Crippen LogP contribution in [0.3, 0.4) is 0 Å². The Morgan fingerprint density at radius 2 is 1.71 bits per heavy atom. The number of piperidine rings is 2. The molecule has 0 radical (unpaired) electrons. The molecule has 2 N–H and O–H groups in total. The fourth-order valence-corrected chi connectivity index (χ4v) is 6.08. The van der Waals surface area contributed by atoms with Crippen molar-refractivity contribution in [2.24, 2.45) is 0 Å². The summed E-state index contributed by atoms with van der Waals surface area (Å²) in [6.45, 7) is 2.57. The Balaban J connectivity index is 1.18. The third kappa shape index (κ3) is 6.19. The quantitative estimate of drug-likeness (QED) is 0.400. The average molecular weight is 575 g/mol. The first-order valence-electron chi connectivity index (χ1n) is 14.2. The van der Waals surface area contributed by atoms with Gasteiger partial charge in [0.25, 0.3) is 5.91 Å². The molecule has 3 unspecified atom stereocenters. The molecule has 3 heterocycles. The van der Waals surface area contributed by atoms with Gasteiger partial charge in [-0.1, -0.05) is 30.3 Å². The van der Waals surface area contributed by atoms with E-state index in [4.69, 9.17) is 4.74 Å².